The molecule has 5 heteroatoms. The minimum absolute atomic E-state index is 0.394. The van der Waals surface area contributed by atoms with Gasteiger partial charge in [0.15, 0.2) is 12.1 Å². The molecule has 0 radical (unpaired) electrons. The van der Waals surface area contributed by atoms with Gasteiger partial charge >= 0.3 is 0 Å². The zero-order valence-electron chi connectivity index (χ0n) is 8.56. The summed E-state index contributed by atoms with van der Waals surface area (Å²) in [5, 5.41) is 19.2. The van der Waals surface area contributed by atoms with Gasteiger partial charge in [0.25, 0.3) is 0 Å². The highest BCUT2D eigenvalue weighted by molar-refractivity contribution is 5.03. The first-order valence-electron chi connectivity index (χ1n) is 4.73. The summed E-state index contributed by atoms with van der Waals surface area (Å²) in [7, 11) is 0. The molecule has 0 bridgehead atoms. The van der Waals surface area contributed by atoms with Crippen LogP contribution in [0, 0.1) is 0 Å². The summed E-state index contributed by atoms with van der Waals surface area (Å²) in [6, 6.07) is 0. The molecule has 0 amide bonds. The topological polar surface area (TPSA) is 68.2 Å². The monoisotopic (exact) mass is 204 g/mol. The minimum atomic E-state index is -1.36. The number of hydrogen-bond acceptors (Lipinski definition) is 5. The molecular formula is C9H16O5. The fourth-order valence-corrected chi connectivity index (χ4v) is 1.94. The quantitative estimate of drug-likeness (QED) is 0.608. The molecule has 0 aliphatic carbocycles. The lowest BCUT2D eigenvalue weighted by atomic mass is 9.95. The van der Waals surface area contributed by atoms with Gasteiger partial charge in [0.2, 0.25) is 0 Å². The highest BCUT2D eigenvalue weighted by Crippen LogP contribution is 2.42. The molecule has 2 rings (SSSR count). The maximum Gasteiger partial charge on any atom is 0.190 e. The van der Waals surface area contributed by atoms with E-state index in [-0.39, 0.29) is 0 Å². The van der Waals surface area contributed by atoms with Gasteiger partial charge in [0.05, 0.1) is 12.7 Å². The second kappa shape index (κ2) is 2.90. The number of hydrogen-bond donors (Lipinski definition) is 2. The minimum Gasteiger partial charge on any atom is -0.393 e. The lowest BCUT2D eigenvalue weighted by Gasteiger charge is -2.29. The van der Waals surface area contributed by atoms with E-state index in [0.717, 1.165) is 0 Å². The van der Waals surface area contributed by atoms with Gasteiger partial charge in [-0.1, -0.05) is 0 Å². The normalized spacial score (nSPS) is 50.8. The third-order valence-electron chi connectivity index (χ3n) is 2.85. The van der Waals surface area contributed by atoms with Crippen molar-refractivity contribution in [3.63, 3.8) is 0 Å². The Morgan fingerprint density at radius 3 is 2.50 bits per heavy atom. The van der Waals surface area contributed by atoms with Crippen molar-refractivity contribution in [1.82, 2.24) is 0 Å². The van der Waals surface area contributed by atoms with Gasteiger partial charge in [-0.15, -0.1) is 0 Å². The lowest BCUT2D eigenvalue weighted by Crippen LogP contribution is -2.51. The van der Waals surface area contributed by atoms with Crippen LogP contribution in [0.2, 0.25) is 0 Å². The molecule has 5 nitrogen and oxygen atoms in total. The van der Waals surface area contributed by atoms with Crippen LogP contribution in [-0.4, -0.2) is 46.7 Å². The van der Waals surface area contributed by atoms with Crippen molar-refractivity contribution in [1.29, 1.82) is 0 Å². The molecule has 0 saturated carbocycles. The molecule has 2 fully saturated rings. The molecule has 1 unspecified atom stereocenters. The SMILES string of the molecule is C[C@H]1OC2OC(C)(C)O[C@H]2[C@]1(O)CO. The Bertz CT molecular complexity index is 241. The number of aliphatic hydroxyl groups excluding tert-OH is 1. The third kappa shape index (κ3) is 1.28. The highest BCUT2D eigenvalue weighted by atomic mass is 16.8. The summed E-state index contributed by atoms with van der Waals surface area (Å²) in [5.74, 6) is -0.765. The molecule has 2 saturated heterocycles. The molecule has 0 aromatic rings. The average Bonchev–Trinajstić information content (AvgIpc) is 2.48. The van der Waals surface area contributed by atoms with Crippen molar-refractivity contribution < 1.29 is 24.4 Å². The number of aliphatic hydroxyl groups is 2. The van der Waals surface area contributed by atoms with E-state index in [1.165, 1.54) is 0 Å². The van der Waals surface area contributed by atoms with Crippen molar-refractivity contribution in [3.8, 4) is 0 Å². The molecular weight excluding hydrogens is 188 g/mol. The van der Waals surface area contributed by atoms with E-state index in [1.54, 1.807) is 20.8 Å². The number of fused-ring (bicyclic) bond motifs is 1. The summed E-state index contributed by atoms with van der Waals surface area (Å²) in [6.07, 6.45) is -1.69. The van der Waals surface area contributed by atoms with Crippen LogP contribution in [0.25, 0.3) is 0 Å². The predicted molar refractivity (Wildman–Crippen MR) is 46.4 cm³/mol. The van der Waals surface area contributed by atoms with Gasteiger partial charge in [-0.25, -0.2) is 0 Å². The van der Waals surface area contributed by atoms with Crippen molar-refractivity contribution >= 4 is 0 Å². The molecule has 14 heavy (non-hydrogen) atoms. The molecule has 2 N–H and O–H groups in total. The van der Waals surface area contributed by atoms with Crippen molar-refractivity contribution in [2.75, 3.05) is 6.61 Å². The smallest absolute Gasteiger partial charge is 0.190 e. The fourth-order valence-electron chi connectivity index (χ4n) is 1.94. The fraction of sp³-hybridized carbons (Fsp3) is 1.00. The number of rotatable bonds is 1. The first kappa shape index (κ1) is 10.3. The van der Waals surface area contributed by atoms with Gasteiger partial charge in [0.1, 0.15) is 11.7 Å². The Balaban J connectivity index is 2.22. The molecule has 82 valence electrons. The average molecular weight is 204 g/mol. The third-order valence-corrected chi connectivity index (χ3v) is 2.85. The Morgan fingerprint density at radius 1 is 1.29 bits per heavy atom. The van der Waals surface area contributed by atoms with Crippen LogP contribution in [0.15, 0.2) is 0 Å². The first-order chi connectivity index (χ1) is 6.39. The maximum absolute atomic E-state index is 10.1. The molecule has 0 aromatic carbocycles. The van der Waals surface area contributed by atoms with Crippen LogP contribution >= 0.6 is 0 Å². The van der Waals surface area contributed by atoms with Gasteiger partial charge in [-0.05, 0) is 20.8 Å². The first-order valence-corrected chi connectivity index (χ1v) is 4.73. The summed E-state index contributed by atoms with van der Waals surface area (Å²) in [4.78, 5) is 0. The summed E-state index contributed by atoms with van der Waals surface area (Å²) < 4.78 is 16.3. The van der Waals surface area contributed by atoms with E-state index in [0.29, 0.717) is 0 Å². The Labute approximate surface area is 82.6 Å². The zero-order valence-corrected chi connectivity index (χ0v) is 8.56. The highest BCUT2D eigenvalue weighted by Gasteiger charge is 2.61. The molecule has 0 spiro atoms. The molecule has 0 aromatic heterocycles. The Hall–Kier alpha value is -0.200. The van der Waals surface area contributed by atoms with Gasteiger partial charge < -0.3 is 24.4 Å². The Kier molecular flexibility index (Phi) is 2.14. The maximum atomic E-state index is 10.1. The molecule has 2 aliphatic rings. The van der Waals surface area contributed by atoms with Crippen molar-refractivity contribution in [2.45, 2.75) is 50.7 Å². The second-order valence-corrected chi connectivity index (χ2v) is 4.35. The van der Waals surface area contributed by atoms with Gasteiger partial charge in [0, 0.05) is 0 Å². The van der Waals surface area contributed by atoms with Crippen LogP contribution in [-0.2, 0) is 14.2 Å². The van der Waals surface area contributed by atoms with Gasteiger partial charge in [-0.3, -0.25) is 0 Å². The van der Waals surface area contributed by atoms with E-state index in [1.807, 2.05) is 0 Å². The summed E-state index contributed by atoms with van der Waals surface area (Å²) >= 11 is 0. The van der Waals surface area contributed by atoms with Crippen molar-refractivity contribution in [3.05, 3.63) is 0 Å². The van der Waals surface area contributed by atoms with Crippen LogP contribution in [0.5, 0.6) is 0 Å². The van der Waals surface area contributed by atoms with Crippen molar-refractivity contribution in [2.24, 2.45) is 0 Å². The second-order valence-electron chi connectivity index (χ2n) is 4.35. The van der Waals surface area contributed by atoms with Crippen LogP contribution < -0.4 is 0 Å². The van der Waals surface area contributed by atoms with E-state index in [9.17, 15) is 5.11 Å². The number of ether oxygens (including phenoxy) is 3. The standard InChI is InChI=1S/C9H16O5/c1-5-9(11,4-10)6-7(12-5)14-8(2,3)13-6/h5-7,10-11H,4H2,1-3H3/t5-,6-,7?,9+/m1/s1. The summed E-state index contributed by atoms with van der Waals surface area (Å²) in [5.41, 5.74) is -1.36. The predicted octanol–water partition coefficient (Wildman–Crippen LogP) is -0.394. The molecule has 2 heterocycles. The van der Waals surface area contributed by atoms with E-state index < -0.39 is 36.5 Å². The largest absolute Gasteiger partial charge is 0.393 e. The lowest BCUT2D eigenvalue weighted by molar-refractivity contribution is -0.230. The van der Waals surface area contributed by atoms with Crippen LogP contribution in [0.1, 0.15) is 20.8 Å². The van der Waals surface area contributed by atoms with E-state index in [2.05, 4.69) is 0 Å². The zero-order chi connectivity index (χ0) is 10.6. The summed E-state index contributed by atoms with van der Waals surface area (Å²) in [6.45, 7) is 4.79. The molecule has 4 atom stereocenters. The van der Waals surface area contributed by atoms with E-state index >= 15 is 0 Å². The van der Waals surface area contributed by atoms with Crippen LogP contribution in [0.3, 0.4) is 0 Å². The van der Waals surface area contributed by atoms with E-state index in [4.69, 9.17) is 19.3 Å². The Morgan fingerprint density at radius 2 is 1.93 bits per heavy atom. The van der Waals surface area contributed by atoms with Crippen LogP contribution in [0.4, 0.5) is 0 Å². The molecule has 2 aliphatic heterocycles. The van der Waals surface area contributed by atoms with Gasteiger partial charge in [-0.2, -0.15) is 0 Å².